The molecule has 1 aromatic carbocycles. The van der Waals surface area contributed by atoms with E-state index in [1.807, 2.05) is 0 Å². The number of halogens is 1. The van der Waals surface area contributed by atoms with Crippen molar-refractivity contribution in [3.63, 3.8) is 0 Å². The third kappa shape index (κ3) is 2.70. The molecule has 1 aromatic rings. The number of unbranched alkanes of at least 4 members (excludes halogenated alkanes) is 1. The van der Waals surface area contributed by atoms with Gasteiger partial charge in [-0.05, 0) is 38.0 Å². The van der Waals surface area contributed by atoms with Crippen molar-refractivity contribution in [3.8, 4) is 0 Å². The van der Waals surface area contributed by atoms with Crippen LogP contribution in [0.4, 0.5) is 10.1 Å². The predicted molar refractivity (Wildman–Crippen MR) is 67.6 cm³/mol. The molecule has 0 N–H and O–H groups in total. The zero-order chi connectivity index (χ0) is 14.0. The zero-order valence-electron chi connectivity index (χ0n) is 10.6. The molecule has 0 saturated carbocycles. The van der Waals surface area contributed by atoms with Crippen molar-refractivity contribution >= 4 is 23.2 Å². The second-order valence-corrected chi connectivity index (χ2v) is 4.61. The summed E-state index contributed by atoms with van der Waals surface area (Å²) in [6.07, 6.45) is 1.71. The first-order chi connectivity index (χ1) is 9.00. The van der Waals surface area contributed by atoms with Crippen molar-refractivity contribution in [1.82, 2.24) is 0 Å². The average Bonchev–Trinajstić information content (AvgIpc) is 2.58. The standard InChI is InChI=1S/C14H14FNO3/c1-9(17)4-2-3-7-16-12-8-10(15)5-6-11(12)13(18)14(16)19/h5-6,8H,2-4,7H2,1H3. The van der Waals surface area contributed by atoms with Crippen LogP contribution in [0.5, 0.6) is 0 Å². The van der Waals surface area contributed by atoms with Gasteiger partial charge >= 0.3 is 0 Å². The minimum Gasteiger partial charge on any atom is -0.305 e. The van der Waals surface area contributed by atoms with Gasteiger partial charge in [0.05, 0.1) is 11.3 Å². The third-order valence-corrected chi connectivity index (χ3v) is 3.10. The van der Waals surface area contributed by atoms with E-state index in [-0.39, 0.29) is 11.3 Å². The van der Waals surface area contributed by atoms with Crippen molar-refractivity contribution < 1.29 is 18.8 Å². The molecular weight excluding hydrogens is 249 g/mol. The van der Waals surface area contributed by atoms with Crippen LogP contribution in [0.3, 0.4) is 0 Å². The van der Waals surface area contributed by atoms with E-state index in [0.29, 0.717) is 31.5 Å². The number of carbonyl (C=O) groups is 3. The van der Waals surface area contributed by atoms with Crippen LogP contribution in [0.1, 0.15) is 36.5 Å². The second-order valence-electron chi connectivity index (χ2n) is 4.61. The van der Waals surface area contributed by atoms with Gasteiger partial charge in [-0.2, -0.15) is 0 Å². The van der Waals surface area contributed by atoms with Crippen LogP contribution < -0.4 is 4.90 Å². The maximum absolute atomic E-state index is 13.2. The Morgan fingerprint density at radius 1 is 1.26 bits per heavy atom. The number of rotatable bonds is 5. The Hall–Kier alpha value is -2.04. The molecule has 0 aliphatic carbocycles. The fraction of sp³-hybridized carbons (Fsp3) is 0.357. The minimum atomic E-state index is -0.622. The molecule has 0 radical (unpaired) electrons. The lowest BCUT2D eigenvalue weighted by atomic mass is 10.1. The van der Waals surface area contributed by atoms with Gasteiger partial charge in [-0.25, -0.2) is 4.39 Å². The minimum absolute atomic E-state index is 0.0928. The summed E-state index contributed by atoms with van der Waals surface area (Å²) in [5.74, 6) is -1.60. The Balaban J connectivity index is 2.10. The highest BCUT2D eigenvalue weighted by atomic mass is 19.1. The molecule has 0 saturated heterocycles. The normalized spacial score (nSPS) is 13.9. The van der Waals surface area contributed by atoms with Gasteiger partial charge in [0.1, 0.15) is 11.6 Å². The van der Waals surface area contributed by atoms with Gasteiger partial charge in [0.25, 0.3) is 11.7 Å². The van der Waals surface area contributed by atoms with Gasteiger partial charge in [-0.1, -0.05) is 0 Å². The Morgan fingerprint density at radius 3 is 2.68 bits per heavy atom. The number of hydrogen-bond acceptors (Lipinski definition) is 3. The summed E-state index contributed by atoms with van der Waals surface area (Å²) in [6.45, 7) is 1.84. The number of ketones is 2. The number of carbonyl (C=O) groups excluding carboxylic acids is 3. The molecule has 0 aromatic heterocycles. The molecule has 1 amide bonds. The topological polar surface area (TPSA) is 54.5 Å². The van der Waals surface area contributed by atoms with Crippen LogP contribution in [-0.4, -0.2) is 24.0 Å². The highest BCUT2D eigenvalue weighted by Gasteiger charge is 2.35. The van der Waals surface area contributed by atoms with Crippen molar-refractivity contribution in [3.05, 3.63) is 29.6 Å². The molecule has 4 nitrogen and oxygen atoms in total. The van der Waals surface area contributed by atoms with Crippen molar-refractivity contribution in [2.75, 3.05) is 11.4 Å². The predicted octanol–water partition coefficient (Wildman–Crippen LogP) is 2.11. The molecule has 1 aliphatic rings. The SMILES string of the molecule is CC(=O)CCCCN1C(=O)C(=O)c2ccc(F)cc21. The number of hydrogen-bond donors (Lipinski definition) is 0. The quantitative estimate of drug-likeness (QED) is 0.604. The number of benzene rings is 1. The first kappa shape index (κ1) is 13.4. The molecule has 0 atom stereocenters. The fourth-order valence-electron chi connectivity index (χ4n) is 2.13. The average molecular weight is 263 g/mol. The van der Waals surface area contributed by atoms with E-state index >= 15 is 0 Å². The number of nitrogens with zero attached hydrogens (tertiary/aromatic N) is 1. The maximum atomic E-state index is 13.2. The lowest BCUT2D eigenvalue weighted by Crippen LogP contribution is -2.30. The number of fused-ring (bicyclic) bond motifs is 1. The van der Waals surface area contributed by atoms with E-state index < -0.39 is 17.5 Å². The summed E-state index contributed by atoms with van der Waals surface area (Å²) in [7, 11) is 0. The Morgan fingerprint density at radius 2 is 2.00 bits per heavy atom. The largest absolute Gasteiger partial charge is 0.305 e. The van der Waals surface area contributed by atoms with Crippen LogP contribution in [-0.2, 0) is 9.59 Å². The van der Waals surface area contributed by atoms with Crippen molar-refractivity contribution in [2.45, 2.75) is 26.2 Å². The summed E-state index contributed by atoms with van der Waals surface area (Å²) < 4.78 is 13.2. The highest BCUT2D eigenvalue weighted by molar-refractivity contribution is 6.52. The van der Waals surface area contributed by atoms with Crippen molar-refractivity contribution in [2.24, 2.45) is 0 Å². The van der Waals surface area contributed by atoms with E-state index in [1.54, 1.807) is 0 Å². The van der Waals surface area contributed by atoms with E-state index in [1.165, 1.54) is 30.0 Å². The Bertz CT molecular complexity index is 554. The fourth-order valence-corrected chi connectivity index (χ4v) is 2.13. The summed E-state index contributed by atoms with van der Waals surface area (Å²) in [5, 5.41) is 0. The lowest BCUT2D eigenvalue weighted by molar-refractivity contribution is -0.117. The molecule has 0 fully saturated rings. The number of amides is 1. The van der Waals surface area contributed by atoms with Gasteiger partial charge in [0, 0.05) is 13.0 Å². The highest BCUT2D eigenvalue weighted by Crippen LogP contribution is 2.29. The number of anilines is 1. The molecule has 0 bridgehead atoms. The van der Waals surface area contributed by atoms with Gasteiger partial charge in [0.15, 0.2) is 0 Å². The molecule has 2 rings (SSSR count). The summed E-state index contributed by atoms with van der Waals surface area (Å²) >= 11 is 0. The van der Waals surface area contributed by atoms with Crippen LogP contribution in [0.15, 0.2) is 18.2 Å². The monoisotopic (exact) mass is 263 g/mol. The van der Waals surface area contributed by atoms with E-state index in [2.05, 4.69) is 0 Å². The van der Waals surface area contributed by atoms with Crippen LogP contribution in [0.2, 0.25) is 0 Å². The third-order valence-electron chi connectivity index (χ3n) is 3.10. The molecule has 5 heteroatoms. The number of Topliss-reactive ketones (excluding diaryl/α,β-unsaturated/α-hetero) is 2. The first-order valence-electron chi connectivity index (χ1n) is 6.16. The molecule has 19 heavy (non-hydrogen) atoms. The molecule has 100 valence electrons. The van der Waals surface area contributed by atoms with E-state index in [9.17, 15) is 18.8 Å². The summed E-state index contributed by atoms with van der Waals surface area (Å²) in [4.78, 5) is 35.6. The van der Waals surface area contributed by atoms with E-state index in [4.69, 9.17) is 0 Å². The maximum Gasteiger partial charge on any atom is 0.299 e. The summed E-state index contributed by atoms with van der Waals surface area (Å²) in [6, 6.07) is 3.70. The zero-order valence-corrected chi connectivity index (χ0v) is 10.6. The van der Waals surface area contributed by atoms with Gasteiger partial charge < -0.3 is 9.69 Å². The Kier molecular flexibility index (Phi) is 3.74. The van der Waals surface area contributed by atoms with E-state index in [0.717, 1.165) is 0 Å². The van der Waals surface area contributed by atoms with Crippen LogP contribution >= 0.6 is 0 Å². The summed E-state index contributed by atoms with van der Waals surface area (Å²) in [5.41, 5.74) is 0.579. The first-order valence-corrected chi connectivity index (χ1v) is 6.16. The molecular formula is C14H14FNO3. The van der Waals surface area contributed by atoms with Gasteiger partial charge in [-0.15, -0.1) is 0 Å². The van der Waals surface area contributed by atoms with Gasteiger partial charge in [-0.3, -0.25) is 9.59 Å². The molecule has 0 unspecified atom stereocenters. The second kappa shape index (κ2) is 5.30. The Labute approximate surface area is 110 Å². The van der Waals surface area contributed by atoms with Gasteiger partial charge in [0.2, 0.25) is 0 Å². The molecule has 1 aliphatic heterocycles. The molecule has 1 heterocycles. The van der Waals surface area contributed by atoms with Crippen molar-refractivity contribution in [1.29, 1.82) is 0 Å². The molecule has 0 spiro atoms. The lowest BCUT2D eigenvalue weighted by Gasteiger charge is -2.16. The van der Waals surface area contributed by atoms with Crippen LogP contribution in [0, 0.1) is 5.82 Å². The van der Waals surface area contributed by atoms with Crippen LogP contribution in [0.25, 0.3) is 0 Å². The smallest absolute Gasteiger partial charge is 0.299 e.